The van der Waals surface area contributed by atoms with Crippen LogP contribution in [0.25, 0.3) is 0 Å². The molecule has 1 heteroatoms. The highest BCUT2D eigenvalue weighted by Crippen LogP contribution is 2.44. The van der Waals surface area contributed by atoms with Gasteiger partial charge in [-0.25, -0.2) is 0 Å². The SMILES string of the molecule is C[C@H]1CC[C@]1(C)Br. The summed E-state index contributed by atoms with van der Waals surface area (Å²) in [4.78, 5) is 0. The van der Waals surface area contributed by atoms with Crippen LogP contribution in [0, 0.1) is 5.92 Å². The Kier molecular flexibility index (Phi) is 1.18. The van der Waals surface area contributed by atoms with Crippen LogP contribution in [0.5, 0.6) is 0 Å². The van der Waals surface area contributed by atoms with E-state index in [0.29, 0.717) is 4.32 Å². The van der Waals surface area contributed by atoms with E-state index in [0.717, 1.165) is 5.92 Å². The van der Waals surface area contributed by atoms with Crippen molar-refractivity contribution in [2.24, 2.45) is 5.92 Å². The fourth-order valence-electron chi connectivity index (χ4n) is 0.831. The minimum Gasteiger partial charge on any atom is -0.0853 e. The van der Waals surface area contributed by atoms with Crippen molar-refractivity contribution < 1.29 is 0 Å². The minimum atomic E-state index is 0.493. The van der Waals surface area contributed by atoms with Gasteiger partial charge >= 0.3 is 0 Å². The van der Waals surface area contributed by atoms with Crippen molar-refractivity contribution in [3.05, 3.63) is 0 Å². The van der Waals surface area contributed by atoms with Crippen LogP contribution in [-0.4, -0.2) is 4.32 Å². The molecule has 0 aromatic carbocycles. The molecule has 0 spiro atoms. The number of rotatable bonds is 0. The molecule has 1 rings (SSSR count). The third kappa shape index (κ3) is 0.835. The average Bonchev–Trinajstić information content (AvgIpc) is 1.63. The second kappa shape index (κ2) is 1.48. The maximum Gasteiger partial charge on any atom is 0.0255 e. The van der Waals surface area contributed by atoms with Gasteiger partial charge in [-0.3, -0.25) is 0 Å². The van der Waals surface area contributed by atoms with Crippen molar-refractivity contribution in [2.75, 3.05) is 0 Å². The van der Waals surface area contributed by atoms with Crippen molar-refractivity contribution in [3.63, 3.8) is 0 Å². The molecule has 1 fully saturated rings. The van der Waals surface area contributed by atoms with Gasteiger partial charge in [-0.2, -0.15) is 0 Å². The lowest BCUT2D eigenvalue weighted by Crippen LogP contribution is -2.35. The third-order valence-electron chi connectivity index (χ3n) is 2.09. The van der Waals surface area contributed by atoms with Crippen LogP contribution >= 0.6 is 15.9 Å². The summed E-state index contributed by atoms with van der Waals surface area (Å²) in [7, 11) is 0. The van der Waals surface area contributed by atoms with Crippen LogP contribution in [0.1, 0.15) is 26.7 Å². The molecule has 0 radical (unpaired) electrons. The zero-order valence-corrected chi connectivity index (χ0v) is 6.46. The second-order valence-electron chi connectivity index (χ2n) is 2.72. The molecule has 0 amide bonds. The number of halogens is 1. The van der Waals surface area contributed by atoms with Crippen LogP contribution in [0.2, 0.25) is 0 Å². The summed E-state index contributed by atoms with van der Waals surface area (Å²) >= 11 is 3.63. The van der Waals surface area contributed by atoms with E-state index in [1.54, 1.807) is 0 Å². The molecule has 0 bridgehead atoms. The largest absolute Gasteiger partial charge is 0.0853 e. The van der Waals surface area contributed by atoms with Crippen LogP contribution in [-0.2, 0) is 0 Å². The van der Waals surface area contributed by atoms with Crippen molar-refractivity contribution >= 4 is 15.9 Å². The first-order valence-electron chi connectivity index (χ1n) is 2.82. The lowest BCUT2D eigenvalue weighted by atomic mass is 9.76. The molecule has 0 heterocycles. The van der Waals surface area contributed by atoms with Gasteiger partial charge in [0.25, 0.3) is 0 Å². The van der Waals surface area contributed by atoms with Crippen LogP contribution < -0.4 is 0 Å². The third-order valence-corrected chi connectivity index (χ3v) is 3.27. The van der Waals surface area contributed by atoms with E-state index in [9.17, 15) is 0 Å². The monoisotopic (exact) mass is 162 g/mol. The van der Waals surface area contributed by atoms with Crippen LogP contribution in [0.15, 0.2) is 0 Å². The molecule has 1 aliphatic carbocycles. The normalized spacial score (nSPS) is 51.0. The molecule has 0 nitrogen and oxygen atoms in total. The maximum atomic E-state index is 3.63. The molecular formula is C6H11Br. The van der Waals surface area contributed by atoms with Crippen molar-refractivity contribution in [3.8, 4) is 0 Å². The molecule has 0 N–H and O–H groups in total. The molecule has 42 valence electrons. The first kappa shape index (κ1) is 5.61. The Labute approximate surface area is 53.4 Å². The van der Waals surface area contributed by atoms with Gasteiger partial charge < -0.3 is 0 Å². The van der Waals surface area contributed by atoms with Gasteiger partial charge in [-0.05, 0) is 25.7 Å². The van der Waals surface area contributed by atoms with E-state index in [4.69, 9.17) is 0 Å². The van der Waals surface area contributed by atoms with Gasteiger partial charge in [0.15, 0.2) is 0 Å². The number of alkyl halides is 1. The smallest absolute Gasteiger partial charge is 0.0255 e. The Hall–Kier alpha value is 0.480. The molecule has 0 aromatic rings. The molecular weight excluding hydrogens is 152 g/mol. The highest BCUT2D eigenvalue weighted by Gasteiger charge is 2.36. The van der Waals surface area contributed by atoms with E-state index in [1.165, 1.54) is 12.8 Å². The molecule has 1 saturated carbocycles. The fraction of sp³-hybridized carbons (Fsp3) is 1.00. The van der Waals surface area contributed by atoms with E-state index in [-0.39, 0.29) is 0 Å². The number of hydrogen-bond acceptors (Lipinski definition) is 0. The lowest BCUT2D eigenvalue weighted by Gasteiger charge is -2.40. The molecule has 7 heavy (non-hydrogen) atoms. The lowest BCUT2D eigenvalue weighted by molar-refractivity contribution is 0.267. The highest BCUT2D eigenvalue weighted by atomic mass is 79.9. The van der Waals surface area contributed by atoms with Gasteiger partial charge in [-0.1, -0.05) is 22.9 Å². The zero-order valence-electron chi connectivity index (χ0n) is 4.87. The Morgan fingerprint density at radius 2 is 2.14 bits per heavy atom. The first-order chi connectivity index (χ1) is 3.13. The maximum absolute atomic E-state index is 3.63. The molecule has 1 aliphatic rings. The predicted molar refractivity (Wildman–Crippen MR) is 35.7 cm³/mol. The predicted octanol–water partition coefficient (Wildman–Crippen LogP) is 2.57. The van der Waals surface area contributed by atoms with Crippen molar-refractivity contribution in [1.29, 1.82) is 0 Å². The van der Waals surface area contributed by atoms with Crippen molar-refractivity contribution in [1.82, 2.24) is 0 Å². The average molecular weight is 163 g/mol. The fourth-order valence-corrected chi connectivity index (χ4v) is 1.29. The van der Waals surface area contributed by atoms with Gasteiger partial charge in [0.2, 0.25) is 0 Å². The van der Waals surface area contributed by atoms with Crippen molar-refractivity contribution in [2.45, 2.75) is 31.0 Å². The molecule has 2 atom stereocenters. The van der Waals surface area contributed by atoms with Crippen LogP contribution in [0.4, 0.5) is 0 Å². The molecule has 0 aliphatic heterocycles. The summed E-state index contributed by atoms with van der Waals surface area (Å²) in [6.45, 7) is 4.55. The summed E-state index contributed by atoms with van der Waals surface area (Å²) in [5.74, 6) is 0.896. The Balaban J connectivity index is 2.43. The summed E-state index contributed by atoms with van der Waals surface area (Å²) in [5.41, 5.74) is 0. The Morgan fingerprint density at radius 3 is 2.14 bits per heavy atom. The molecule has 0 unspecified atom stereocenters. The summed E-state index contributed by atoms with van der Waals surface area (Å²) in [6, 6.07) is 0. The van der Waals surface area contributed by atoms with Gasteiger partial charge in [-0.15, -0.1) is 0 Å². The minimum absolute atomic E-state index is 0.493. The van der Waals surface area contributed by atoms with E-state index in [2.05, 4.69) is 29.8 Å². The van der Waals surface area contributed by atoms with E-state index < -0.39 is 0 Å². The van der Waals surface area contributed by atoms with E-state index in [1.807, 2.05) is 0 Å². The Bertz CT molecular complexity index is 76.2. The summed E-state index contributed by atoms with van der Waals surface area (Å²) < 4.78 is 0.493. The van der Waals surface area contributed by atoms with E-state index >= 15 is 0 Å². The zero-order chi connectivity index (χ0) is 5.49. The topological polar surface area (TPSA) is 0 Å². The molecule has 0 aromatic heterocycles. The highest BCUT2D eigenvalue weighted by molar-refractivity contribution is 9.10. The van der Waals surface area contributed by atoms with Gasteiger partial charge in [0.05, 0.1) is 0 Å². The Morgan fingerprint density at radius 1 is 1.71 bits per heavy atom. The first-order valence-corrected chi connectivity index (χ1v) is 3.61. The summed E-state index contributed by atoms with van der Waals surface area (Å²) in [6.07, 6.45) is 2.76. The number of hydrogen-bond donors (Lipinski definition) is 0. The van der Waals surface area contributed by atoms with Gasteiger partial charge in [0, 0.05) is 4.32 Å². The standard InChI is InChI=1S/C6H11Br/c1-5-3-4-6(5,2)7/h5H,3-4H2,1-2H3/t5-,6-/m0/s1. The summed E-state index contributed by atoms with van der Waals surface area (Å²) in [5, 5.41) is 0. The quantitative estimate of drug-likeness (QED) is 0.481. The van der Waals surface area contributed by atoms with Gasteiger partial charge in [0.1, 0.15) is 0 Å². The van der Waals surface area contributed by atoms with Crippen LogP contribution in [0.3, 0.4) is 0 Å². The molecule has 0 saturated heterocycles. The second-order valence-corrected chi connectivity index (χ2v) is 4.53.